The Morgan fingerprint density at radius 1 is 1.13 bits per heavy atom. The van der Waals surface area contributed by atoms with Crippen LogP contribution in [0.5, 0.6) is 0 Å². The number of rotatable bonds is 4. The van der Waals surface area contributed by atoms with Gasteiger partial charge in [-0.1, -0.05) is 41.4 Å². The predicted octanol–water partition coefficient (Wildman–Crippen LogP) is 2.77. The number of carbonyl (C=O) groups is 1. The molecular formula is C24H26N5O2+. The van der Waals surface area contributed by atoms with E-state index in [0.29, 0.717) is 16.7 Å². The van der Waals surface area contributed by atoms with Crippen LogP contribution in [0, 0.1) is 6.92 Å². The van der Waals surface area contributed by atoms with E-state index in [-0.39, 0.29) is 34.9 Å². The lowest BCUT2D eigenvalue weighted by Crippen LogP contribution is -2.46. The van der Waals surface area contributed by atoms with Crippen LogP contribution in [-0.4, -0.2) is 21.3 Å². The Hall–Kier alpha value is -3.74. The van der Waals surface area contributed by atoms with E-state index in [4.69, 9.17) is 10.7 Å². The zero-order valence-electron chi connectivity index (χ0n) is 18.1. The van der Waals surface area contributed by atoms with Crippen molar-refractivity contribution in [1.82, 2.24) is 14.7 Å². The molecule has 1 amide bonds. The van der Waals surface area contributed by atoms with Gasteiger partial charge in [0.1, 0.15) is 17.0 Å². The molecule has 4 rings (SSSR count). The fourth-order valence-electron chi connectivity index (χ4n) is 3.87. The number of hydrogen-bond acceptors (Lipinski definition) is 4. The first kappa shape index (κ1) is 20.5. The van der Waals surface area contributed by atoms with E-state index in [1.807, 2.05) is 70.2 Å². The van der Waals surface area contributed by atoms with Crippen LogP contribution < -0.4 is 21.2 Å². The second-order valence-electron chi connectivity index (χ2n) is 8.07. The minimum absolute atomic E-state index is 0.0685. The van der Waals surface area contributed by atoms with Crippen molar-refractivity contribution in [3.8, 4) is 0 Å². The van der Waals surface area contributed by atoms with Crippen LogP contribution in [0.15, 0.2) is 59.5 Å². The molecule has 7 heteroatoms. The molecule has 0 aliphatic heterocycles. The quantitative estimate of drug-likeness (QED) is 0.395. The van der Waals surface area contributed by atoms with E-state index in [1.54, 1.807) is 16.8 Å². The Morgan fingerprint density at radius 2 is 1.84 bits per heavy atom. The van der Waals surface area contributed by atoms with Gasteiger partial charge in [-0.2, -0.15) is 0 Å². The van der Waals surface area contributed by atoms with Gasteiger partial charge in [0.05, 0.1) is 0 Å². The Morgan fingerprint density at radius 3 is 2.52 bits per heavy atom. The molecule has 3 aromatic heterocycles. The number of nitrogens with one attached hydrogen (secondary N) is 1. The third kappa shape index (κ3) is 3.52. The molecule has 4 aromatic rings. The topological polar surface area (TPSA) is 93.4 Å². The zero-order valence-corrected chi connectivity index (χ0v) is 18.1. The molecule has 0 spiro atoms. The molecule has 1 aromatic carbocycles. The van der Waals surface area contributed by atoms with Gasteiger partial charge in [0, 0.05) is 17.8 Å². The number of hydrogen-bond donors (Lipinski definition) is 2. The van der Waals surface area contributed by atoms with Gasteiger partial charge in [0.25, 0.3) is 17.1 Å². The lowest BCUT2D eigenvalue weighted by Gasteiger charge is -2.18. The van der Waals surface area contributed by atoms with Gasteiger partial charge in [0.15, 0.2) is 0 Å². The second-order valence-corrected chi connectivity index (χ2v) is 8.07. The summed E-state index contributed by atoms with van der Waals surface area (Å²) in [6.07, 6.45) is 1.69. The summed E-state index contributed by atoms with van der Waals surface area (Å²) < 4.78 is 3.29. The van der Waals surface area contributed by atoms with Crippen molar-refractivity contribution in [2.24, 2.45) is 0 Å². The van der Waals surface area contributed by atoms with E-state index in [1.165, 1.54) is 4.40 Å². The fourth-order valence-corrected chi connectivity index (χ4v) is 3.87. The minimum atomic E-state index is -0.322. The molecule has 0 fully saturated rings. The number of fused-ring (bicyclic) bond motifs is 2. The number of amides is 1. The highest BCUT2D eigenvalue weighted by molar-refractivity contribution is 6.00. The number of aryl methyl sites for hydroxylation is 1. The summed E-state index contributed by atoms with van der Waals surface area (Å²) in [4.78, 5) is 31.1. The van der Waals surface area contributed by atoms with E-state index >= 15 is 0 Å². The van der Waals surface area contributed by atoms with E-state index in [9.17, 15) is 9.59 Å². The van der Waals surface area contributed by atoms with Crippen LogP contribution in [0.2, 0.25) is 0 Å². The number of carbonyl (C=O) groups excluding carboxylic acids is 1. The Labute approximate surface area is 180 Å². The van der Waals surface area contributed by atoms with Gasteiger partial charge in [-0.25, -0.2) is 4.57 Å². The van der Waals surface area contributed by atoms with Crippen molar-refractivity contribution >= 4 is 28.4 Å². The number of nitrogens with two attached hydrogens (primary N) is 1. The maximum Gasteiger partial charge on any atom is 0.278 e. The van der Waals surface area contributed by atoms with E-state index in [0.717, 1.165) is 11.1 Å². The first-order valence-electron chi connectivity index (χ1n) is 10.3. The van der Waals surface area contributed by atoms with Gasteiger partial charge >= 0.3 is 0 Å². The summed E-state index contributed by atoms with van der Waals surface area (Å²) in [5.74, 6) is -0.0519. The van der Waals surface area contributed by atoms with Crippen LogP contribution in [0.25, 0.3) is 16.7 Å². The predicted molar refractivity (Wildman–Crippen MR) is 121 cm³/mol. The van der Waals surface area contributed by atoms with E-state index < -0.39 is 0 Å². The van der Waals surface area contributed by atoms with Crippen molar-refractivity contribution in [2.75, 3.05) is 5.73 Å². The molecule has 0 bridgehead atoms. The van der Waals surface area contributed by atoms with E-state index in [2.05, 4.69) is 5.32 Å². The fraction of sp³-hybridized carbons (Fsp3) is 0.250. The van der Waals surface area contributed by atoms with Gasteiger partial charge in [-0.15, -0.1) is 0 Å². The molecule has 3 heterocycles. The number of nitrogen functional groups attached to an aromatic ring is 1. The summed E-state index contributed by atoms with van der Waals surface area (Å²) in [7, 11) is 0. The van der Waals surface area contributed by atoms with Gasteiger partial charge < -0.3 is 11.1 Å². The molecule has 0 aliphatic carbocycles. The summed E-state index contributed by atoms with van der Waals surface area (Å²) in [6, 6.07) is 14.8. The monoisotopic (exact) mass is 416 g/mol. The highest BCUT2D eigenvalue weighted by Gasteiger charge is 2.28. The second kappa shape index (κ2) is 7.83. The third-order valence-electron chi connectivity index (χ3n) is 5.45. The molecule has 0 saturated heterocycles. The normalized spacial score (nSPS) is 12.4. The molecule has 3 N–H and O–H groups in total. The van der Waals surface area contributed by atoms with Crippen molar-refractivity contribution in [2.45, 2.75) is 39.8 Å². The lowest BCUT2D eigenvalue weighted by molar-refractivity contribution is -0.673. The summed E-state index contributed by atoms with van der Waals surface area (Å²) in [5.41, 5.74) is 9.46. The number of benzene rings is 1. The number of pyridine rings is 2. The van der Waals surface area contributed by atoms with Crippen molar-refractivity contribution < 1.29 is 9.36 Å². The lowest BCUT2D eigenvalue weighted by atomic mass is 10.1. The molecule has 31 heavy (non-hydrogen) atoms. The molecule has 0 aliphatic rings. The highest BCUT2D eigenvalue weighted by Crippen LogP contribution is 2.21. The molecule has 1 atom stereocenters. The largest absolute Gasteiger partial charge is 0.350 e. The van der Waals surface area contributed by atoms with Gasteiger partial charge in [-0.3, -0.25) is 14.0 Å². The maximum absolute atomic E-state index is 13.4. The molecule has 0 radical (unpaired) electrons. The molecule has 158 valence electrons. The first-order chi connectivity index (χ1) is 14.8. The Balaban J connectivity index is 2.12. The number of aromatic nitrogens is 3. The minimum Gasteiger partial charge on any atom is -0.350 e. The molecule has 7 nitrogen and oxygen atoms in total. The number of nitrogens with zero attached hydrogens (tertiary/aromatic N) is 3. The first-order valence-corrected chi connectivity index (χ1v) is 10.3. The average molecular weight is 417 g/mol. The van der Waals surface area contributed by atoms with Crippen molar-refractivity contribution in [3.05, 3.63) is 81.8 Å². The van der Waals surface area contributed by atoms with Crippen LogP contribution in [-0.2, 0) is 0 Å². The SMILES string of the molecule is Cc1cccn2c(=O)c3cc(C(=O)NC(C)C)c(N)[n+]([C@@H](C)c4ccccc4)c3nc12. The number of anilines is 1. The summed E-state index contributed by atoms with van der Waals surface area (Å²) in [6.45, 7) is 7.65. The van der Waals surface area contributed by atoms with Crippen LogP contribution in [0.4, 0.5) is 5.82 Å². The molecule has 0 unspecified atom stereocenters. The van der Waals surface area contributed by atoms with Crippen LogP contribution in [0.1, 0.15) is 48.3 Å². The molecular weight excluding hydrogens is 390 g/mol. The highest BCUT2D eigenvalue weighted by atomic mass is 16.2. The maximum atomic E-state index is 13.4. The van der Waals surface area contributed by atoms with Crippen molar-refractivity contribution in [3.63, 3.8) is 0 Å². The Kier molecular flexibility index (Phi) is 5.19. The van der Waals surface area contributed by atoms with Gasteiger partial charge in [-0.05, 0) is 45.4 Å². The smallest absolute Gasteiger partial charge is 0.278 e. The van der Waals surface area contributed by atoms with Gasteiger partial charge in [0.2, 0.25) is 11.5 Å². The summed E-state index contributed by atoms with van der Waals surface area (Å²) in [5, 5.41) is 3.22. The zero-order chi connectivity index (χ0) is 22.3. The Bertz CT molecular complexity index is 1360. The standard InChI is InChI=1S/C24H25N5O2/c1-14(2)26-23(30)18-13-19-22(27-21-15(3)9-8-12-28(21)24(19)31)29(20(18)25)16(4)17-10-6-5-7-11-17/h5-14,16,25H,1-4H3,(H,26,30)/p+1/t16-/m0/s1. The average Bonchev–Trinajstić information content (AvgIpc) is 2.74. The van der Waals surface area contributed by atoms with Crippen LogP contribution in [0.3, 0.4) is 0 Å². The summed E-state index contributed by atoms with van der Waals surface area (Å²) >= 11 is 0. The van der Waals surface area contributed by atoms with Crippen molar-refractivity contribution in [1.29, 1.82) is 0 Å². The third-order valence-corrected chi connectivity index (χ3v) is 5.45. The molecule has 0 saturated carbocycles. The van der Waals surface area contributed by atoms with Crippen LogP contribution >= 0.6 is 0 Å².